The molecule has 2 heterocycles. The molecule has 1 fully saturated rings. The molecular formula is C12H22N4O. The largest absolute Gasteiger partial charge is 0.378 e. The summed E-state index contributed by atoms with van der Waals surface area (Å²) in [6, 6.07) is 0.545. The molecule has 0 spiro atoms. The number of ether oxygens (including phenoxy) is 1. The lowest BCUT2D eigenvalue weighted by molar-refractivity contribution is -0.00353. The Kier molecular flexibility index (Phi) is 4.50. The van der Waals surface area contributed by atoms with Crippen LogP contribution in [0.5, 0.6) is 0 Å². The average Bonchev–Trinajstić information content (AvgIpc) is 2.74. The van der Waals surface area contributed by atoms with E-state index in [1.54, 1.807) is 11.0 Å². The van der Waals surface area contributed by atoms with E-state index in [1.807, 2.05) is 7.05 Å². The molecule has 0 saturated carbocycles. The van der Waals surface area contributed by atoms with Crippen LogP contribution >= 0.6 is 0 Å². The van der Waals surface area contributed by atoms with Gasteiger partial charge in [0.2, 0.25) is 0 Å². The Labute approximate surface area is 103 Å². The highest BCUT2D eigenvalue weighted by molar-refractivity contribution is 4.84. The van der Waals surface area contributed by atoms with Gasteiger partial charge in [0.25, 0.3) is 0 Å². The number of rotatable bonds is 5. The van der Waals surface area contributed by atoms with Gasteiger partial charge in [0.05, 0.1) is 12.6 Å². The van der Waals surface area contributed by atoms with Gasteiger partial charge in [0.15, 0.2) is 5.82 Å². The van der Waals surface area contributed by atoms with Crippen molar-refractivity contribution in [1.82, 2.24) is 20.1 Å². The van der Waals surface area contributed by atoms with Crippen LogP contribution in [0.15, 0.2) is 6.33 Å². The van der Waals surface area contributed by atoms with Crippen molar-refractivity contribution >= 4 is 0 Å². The van der Waals surface area contributed by atoms with E-state index in [4.69, 9.17) is 4.74 Å². The van der Waals surface area contributed by atoms with Crippen molar-refractivity contribution in [3.8, 4) is 0 Å². The van der Waals surface area contributed by atoms with Gasteiger partial charge in [-0.15, -0.1) is 0 Å². The molecule has 96 valence electrons. The molecule has 1 saturated heterocycles. The molecule has 2 unspecified atom stereocenters. The molecule has 2 atom stereocenters. The fraction of sp³-hybridized carbons (Fsp3) is 0.833. The first-order chi connectivity index (χ1) is 8.28. The SMILES string of the molecule is CCCC1CC(NCc2ncn(C)n2)CCO1. The molecule has 2 rings (SSSR count). The third kappa shape index (κ3) is 3.78. The zero-order valence-electron chi connectivity index (χ0n) is 10.7. The van der Waals surface area contributed by atoms with Crippen LogP contribution in [0.25, 0.3) is 0 Å². The lowest BCUT2D eigenvalue weighted by atomic mass is 10.0. The fourth-order valence-corrected chi connectivity index (χ4v) is 2.29. The number of aryl methyl sites for hydroxylation is 1. The topological polar surface area (TPSA) is 52.0 Å². The van der Waals surface area contributed by atoms with Crippen molar-refractivity contribution in [1.29, 1.82) is 0 Å². The van der Waals surface area contributed by atoms with Crippen molar-refractivity contribution in [3.63, 3.8) is 0 Å². The van der Waals surface area contributed by atoms with E-state index < -0.39 is 0 Å². The first-order valence-electron chi connectivity index (χ1n) is 6.47. The molecule has 1 aromatic rings. The van der Waals surface area contributed by atoms with E-state index in [2.05, 4.69) is 22.3 Å². The molecule has 0 radical (unpaired) electrons. The van der Waals surface area contributed by atoms with Crippen LogP contribution in [0.1, 0.15) is 38.4 Å². The normalized spacial score (nSPS) is 25.1. The van der Waals surface area contributed by atoms with Gasteiger partial charge in [-0.3, -0.25) is 4.68 Å². The summed E-state index contributed by atoms with van der Waals surface area (Å²) in [4.78, 5) is 4.21. The summed E-state index contributed by atoms with van der Waals surface area (Å²) in [7, 11) is 1.89. The molecular weight excluding hydrogens is 216 g/mol. The van der Waals surface area contributed by atoms with Gasteiger partial charge < -0.3 is 10.1 Å². The van der Waals surface area contributed by atoms with Crippen molar-refractivity contribution in [2.45, 2.75) is 51.3 Å². The molecule has 1 N–H and O–H groups in total. The second kappa shape index (κ2) is 6.12. The Hall–Kier alpha value is -0.940. The molecule has 5 nitrogen and oxygen atoms in total. The zero-order chi connectivity index (χ0) is 12.1. The predicted molar refractivity (Wildman–Crippen MR) is 65.5 cm³/mol. The van der Waals surface area contributed by atoms with Crippen molar-refractivity contribution in [2.24, 2.45) is 7.05 Å². The van der Waals surface area contributed by atoms with Crippen LogP contribution < -0.4 is 5.32 Å². The summed E-state index contributed by atoms with van der Waals surface area (Å²) in [6.07, 6.45) is 6.73. The zero-order valence-corrected chi connectivity index (χ0v) is 10.7. The second-order valence-electron chi connectivity index (χ2n) is 4.72. The van der Waals surface area contributed by atoms with E-state index in [1.165, 1.54) is 12.8 Å². The molecule has 17 heavy (non-hydrogen) atoms. The molecule has 1 aliphatic rings. The van der Waals surface area contributed by atoms with Crippen LogP contribution in [0.3, 0.4) is 0 Å². The van der Waals surface area contributed by atoms with Crippen LogP contribution in [0.2, 0.25) is 0 Å². The smallest absolute Gasteiger partial charge is 0.164 e. The summed E-state index contributed by atoms with van der Waals surface area (Å²) in [5.74, 6) is 0.867. The Morgan fingerprint density at radius 2 is 2.47 bits per heavy atom. The van der Waals surface area contributed by atoms with Gasteiger partial charge >= 0.3 is 0 Å². The first-order valence-corrected chi connectivity index (χ1v) is 6.47. The standard InChI is InChI=1S/C12H22N4O/c1-3-4-11-7-10(5-6-17-11)13-8-12-14-9-16(2)15-12/h9-11,13H,3-8H2,1-2H3. The summed E-state index contributed by atoms with van der Waals surface area (Å²) in [6.45, 7) is 3.83. The van der Waals surface area contributed by atoms with Gasteiger partial charge in [-0.05, 0) is 19.3 Å². The highest BCUT2D eigenvalue weighted by Gasteiger charge is 2.21. The van der Waals surface area contributed by atoms with Gasteiger partial charge in [0, 0.05) is 19.7 Å². The monoisotopic (exact) mass is 238 g/mol. The van der Waals surface area contributed by atoms with Crippen LogP contribution in [-0.4, -0.2) is 33.5 Å². The van der Waals surface area contributed by atoms with Crippen LogP contribution in [0.4, 0.5) is 0 Å². The molecule has 1 aromatic heterocycles. The van der Waals surface area contributed by atoms with E-state index in [-0.39, 0.29) is 0 Å². The van der Waals surface area contributed by atoms with E-state index in [0.29, 0.717) is 12.1 Å². The number of nitrogens with one attached hydrogen (secondary N) is 1. The summed E-state index contributed by atoms with van der Waals surface area (Å²) in [5, 5.41) is 7.78. The van der Waals surface area contributed by atoms with Crippen molar-refractivity contribution in [3.05, 3.63) is 12.2 Å². The molecule has 0 aliphatic carbocycles. The lowest BCUT2D eigenvalue weighted by Crippen LogP contribution is -2.38. The van der Waals surface area contributed by atoms with Crippen LogP contribution in [-0.2, 0) is 18.3 Å². The van der Waals surface area contributed by atoms with Gasteiger partial charge in [0.1, 0.15) is 6.33 Å². The molecule has 5 heteroatoms. The second-order valence-corrected chi connectivity index (χ2v) is 4.72. The number of hydrogen-bond donors (Lipinski definition) is 1. The van der Waals surface area contributed by atoms with Gasteiger partial charge in [-0.25, -0.2) is 4.98 Å². The summed E-state index contributed by atoms with van der Waals surface area (Å²) in [5.41, 5.74) is 0. The van der Waals surface area contributed by atoms with E-state index >= 15 is 0 Å². The maximum atomic E-state index is 5.73. The minimum absolute atomic E-state index is 0.433. The van der Waals surface area contributed by atoms with E-state index in [9.17, 15) is 0 Å². The fourth-order valence-electron chi connectivity index (χ4n) is 2.29. The minimum atomic E-state index is 0.433. The Morgan fingerprint density at radius 1 is 1.59 bits per heavy atom. The highest BCUT2D eigenvalue weighted by atomic mass is 16.5. The summed E-state index contributed by atoms with van der Waals surface area (Å²) < 4.78 is 7.47. The number of nitrogens with zero attached hydrogens (tertiary/aromatic N) is 3. The maximum absolute atomic E-state index is 5.73. The Balaban J connectivity index is 1.75. The Bertz CT molecular complexity index is 337. The average molecular weight is 238 g/mol. The van der Waals surface area contributed by atoms with Gasteiger partial charge in [-0.1, -0.05) is 13.3 Å². The molecule has 0 aromatic carbocycles. The van der Waals surface area contributed by atoms with Gasteiger partial charge in [-0.2, -0.15) is 5.10 Å². The minimum Gasteiger partial charge on any atom is -0.378 e. The molecule has 0 bridgehead atoms. The predicted octanol–water partition coefficient (Wildman–Crippen LogP) is 1.25. The van der Waals surface area contributed by atoms with E-state index in [0.717, 1.165) is 31.8 Å². The lowest BCUT2D eigenvalue weighted by Gasteiger charge is -2.29. The number of hydrogen-bond acceptors (Lipinski definition) is 4. The van der Waals surface area contributed by atoms with Crippen LogP contribution in [0, 0.1) is 0 Å². The maximum Gasteiger partial charge on any atom is 0.164 e. The van der Waals surface area contributed by atoms with Crippen molar-refractivity contribution < 1.29 is 4.74 Å². The highest BCUT2D eigenvalue weighted by Crippen LogP contribution is 2.17. The summed E-state index contributed by atoms with van der Waals surface area (Å²) >= 11 is 0. The third-order valence-corrected chi connectivity index (χ3v) is 3.17. The third-order valence-electron chi connectivity index (χ3n) is 3.17. The Morgan fingerprint density at radius 3 is 3.18 bits per heavy atom. The molecule has 1 aliphatic heterocycles. The quantitative estimate of drug-likeness (QED) is 0.839. The number of aromatic nitrogens is 3. The molecule has 0 amide bonds. The van der Waals surface area contributed by atoms with Crippen molar-refractivity contribution in [2.75, 3.05) is 6.61 Å². The first kappa shape index (κ1) is 12.5.